The molecule has 20 heteroatoms. The van der Waals surface area contributed by atoms with Gasteiger partial charge in [-0.05, 0) is 0 Å². The Morgan fingerprint density at radius 3 is 1.33 bits per heavy atom. The molecular formula is C13H3BrF11N3O5. The maximum absolute atomic E-state index is 14.7. The number of amides is 1. The summed E-state index contributed by atoms with van der Waals surface area (Å²) in [5, 5.41) is 22.4. The van der Waals surface area contributed by atoms with Crippen molar-refractivity contribution in [1.82, 2.24) is 0 Å². The van der Waals surface area contributed by atoms with Crippen LogP contribution in [0.15, 0.2) is 16.6 Å². The molecule has 0 aromatic heterocycles. The van der Waals surface area contributed by atoms with Gasteiger partial charge >= 0.3 is 46.7 Å². The molecule has 0 saturated heterocycles. The monoisotopic (exact) mass is 569 g/mol. The normalized spacial score (nSPS) is 23.4. The van der Waals surface area contributed by atoms with Crippen LogP contribution in [0.3, 0.4) is 0 Å². The molecule has 1 saturated carbocycles. The van der Waals surface area contributed by atoms with Crippen LogP contribution >= 0.6 is 15.9 Å². The minimum atomic E-state index is -7.62. The van der Waals surface area contributed by atoms with Gasteiger partial charge in [-0.25, -0.2) is 4.39 Å². The van der Waals surface area contributed by atoms with Crippen LogP contribution in [-0.4, -0.2) is 51.0 Å². The third-order valence-electron chi connectivity index (χ3n) is 4.45. The number of carbonyl (C=O) groups is 1. The second-order valence-corrected chi connectivity index (χ2v) is 7.23. The average molecular weight is 570 g/mol. The summed E-state index contributed by atoms with van der Waals surface area (Å²) < 4.78 is 150. The molecule has 0 unspecified atom stereocenters. The highest BCUT2D eigenvalue weighted by Gasteiger charge is 3.02. The molecule has 33 heavy (non-hydrogen) atoms. The molecule has 1 aromatic carbocycles. The number of nitro benzene ring substituents is 2. The van der Waals surface area contributed by atoms with Crippen LogP contribution in [0.25, 0.3) is 0 Å². The minimum absolute atomic E-state index is 0.252. The van der Waals surface area contributed by atoms with Gasteiger partial charge < -0.3 is 5.32 Å². The van der Waals surface area contributed by atoms with E-state index in [1.165, 1.54) is 0 Å². The predicted molar refractivity (Wildman–Crippen MR) is 84.7 cm³/mol. The number of alkyl halides is 11. The van der Waals surface area contributed by atoms with Gasteiger partial charge in [0, 0.05) is 16.6 Å². The lowest BCUT2D eigenvalue weighted by Gasteiger charge is -2.51. The lowest BCUT2D eigenvalue weighted by atomic mass is 9.71. The van der Waals surface area contributed by atoms with Crippen molar-refractivity contribution >= 4 is 38.9 Å². The van der Waals surface area contributed by atoms with Gasteiger partial charge in [-0.3, -0.25) is 25.0 Å². The van der Waals surface area contributed by atoms with Crippen molar-refractivity contribution in [2.24, 2.45) is 0 Å². The standard InChI is InChI=1S/C13H3BrF11N3O5/c14-3-1-4(27(30)31)6(5(2-3)28(32)33)26-7(29)8(15)9(16,17)11(20,21)13(24,25)12(22,23)10(8,18)19/h1-2H,(H,26,29). The van der Waals surface area contributed by atoms with E-state index in [-0.39, 0.29) is 12.1 Å². The van der Waals surface area contributed by atoms with Crippen molar-refractivity contribution in [3.05, 3.63) is 36.8 Å². The molecule has 0 bridgehead atoms. The van der Waals surface area contributed by atoms with E-state index in [1.807, 2.05) is 0 Å². The van der Waals surface area contributed by atoms with Gasteiger partial charge in [-0.1, -0.05) is 15.9 Å². The first kappa shape index (κ1) is 26.5. The van der Waals surface area contributed by atoms with Crippen molar-refractivity contribution < 1.29 is 62.9 Å². The Morgan fingerprint density at radius 1 is 0.727 bits per heavy atom. The topological polar surface area (TPSA) is 115 Å². The summed E-state index contributed by atoms with van der Waals surface area (Å²) in [5.41, 5.74) is -12.6. The fourth-order valence-corrected chi connectivity index (χ4v) is 3.13. The molecule has 1 aromatic rings. The molecule has 1 N–H and O–H groups in total. The zero-order chi connectivity index (χ0) is 26.2. The summed E-state index contributed by atoms with van der Waals surface area (Å²) >= 11 is 2.50. The molecule has 0 heterocycles. The van der Waals surface area contributed by atoms with Gasteiger partial charge in [0.2, 0.25) is 0 Å². The Balaban J connectivity index is 2.84. The van der Waals surface area contributed by atoms with E-state index in [2.05, 4.69) is 15.9 Å². The molecule has 1 fully saturated rings. The molecule has 1 aliphatic carbocycles. The van der Waals surface area contributed by atoms with Crippen molar-refractivity contribution in [1.29, 1.82) is 0 Å². The van der Waals surface area contributed by atoms with E-state index in [0.29, 0.717) is 5.32 Å². The number of nitrogens with one attached hydrogen (secondary N) is 1. The SMILES string of the molecule is O=C(Nc1c([N+](=O)[O-])cc(Br)cc1[N+](=O)[O-])C1(F)C(F)(F)C(F)(F)C(F)(F)C(F)(F)C1(F)F. The van der Waals surface area contributed by atoms with E-state index < -0.39 is 72.6 Å². The number of nitro groups is 2. The summed E-state index contributed by atoms with van der Waals surface area (Å²) in [5.74, 6) is -41.9. The minimum Gasteiger partial charge on any atom is -0.311 e. The average Bonchev–Trinajstić information content (AvgIpc) is 2.65. The maximum Gasteiger partial charge on any atom is 0.384 e. The zero-order valence-corrected chi connectivity index (χ0v) is 16.2. The Kier molecular flexibility index (Phi) is 5.69. The fourth-order valence-electron chi connectivity index (χ4n) is 2.70. The highest BCUT2D eigenvalue weighted by molar-refractivity contribution is 9.10. The molecule has 0 radical (unpaired) electrons. The van der Waals surface area contributed by atoms with Crippen molar-refractivity contribution in [2.75, 3.05) is 5.32 Å². The summed E-state index contributed by atoms with van der Waals surface area (Å²) in [6, 6.07) is 0.504. The smallest absolute Gasteiger partial charge is 0.311 e. The van der Waals surface area contributed by atoms with Crippen LogP contribution in [0.1, 0.15) is 0 Å². The first-order valence-corrected chi connectivity index (χ1v) is 8.35. The quantitative estimate of drug-likeness (QED) is 0.308. The van der Waals surface area contributed by atoms with Crippen molar-refractivity contribution in [2.45, 2.75) is 35.3 Å². The lowest BCUT2D eigenvalue weighted by molar-refractivity contribution is -0.475. The van der Waals surface area contributed by atoms with Crippen LogP contribution in [0.5, 0.6) is 0 Å². The summed E-state index contributed by atoms with van der Waals surface area (Å²) in [6.07, 6.45) is 0. The number of rotatable bonds is 4. The predicted octanol–water partition coefficient (Wildman–Crippen LogP) is 5.10. The summed E-state index contributed by atoms with van der Waals surface area (Å²) in [6.45, 7) is 0. The number of hydrogen-bond acceptors (Lipinski definition) is 5. The van der Waals surface area contributed by atoms with Gasteiger partial charge in [0.15, 0.2) is 5.69 Å². The van der Waals surface area contributed by atoms with Crippen LogP contribution < -0.4 is 5.32 Å². The summed E-state index contributed by atoms with van der Waals surface area (Å²) in [4.78, 5) is 30.7. The largest absolute Gasteiger partial charge is 0.384 e. The van der Waals surface area contributed by atoms with E-state index in [9.17, 15) is 73.3 Å². The second kappa shape index (κ2) is 7.10. The lowest BCUT2D eigenvalue weighted by Crippen LogP contribution is -2.86. The first-order chi connectivity index (χ1) is 14.5. The van der Waals surface area contributed by atoms with E-state index in [4.69, 9.17) is 0 Å². The van der Waals surface area contributed by atoms with Gasteiger partial charge in [-0.15, -0.1) is 0 Å². The number of carbonyl (C=O) groups excluding carboxylic acids is 1. The molecule has 0 spiro atoms. The number of hydrogen-bond donors (Lipinski definition) is 1. The molecular weight excluding hydrogens is 567 g/mol. The maximum atomic E-state index is 14.7. The molecule has 184 valence electrons. The zero-order valence-electron chi connectivity index (χ0n) is 14.6. The third kappa shape index (κ3) is 2.98. The number of anilines is 1. The van der Waals surface area contributed by atoms with E-state index >= 15 is 0 Å². The van der Waals surface area contributed by atoms with Gasteiger partial charge in [0.05, 0.1) is 9.85 Å². The third-order valence-corrected chi connectivity index (χ3v) is 4.91. The van der Waals surface area contributed by atoms with Crippen LogP contribution in [0.2, 0.25) is 0 Å². The first-order valence-electron chi connectivity index (χ1n) is 7.55. The van der Waals surface area contributed by atoms with Gasteiger partial charge in [-0.2, -0.15) is 43.9 Å². The molecule has 1 amide bonds. The molecule has 0 aliphatic heterocycles. The Morgan fingerprint density at radius 2 is 1.03 bits per heavy atom. The Bertz CT molecular complexity index is 999. The second-order valence-electron chi connectivity index (χ2n) is 6.32. The number of nitrogens with zero attached hydrogens (tertiary/aromatic N) is 2. The Hall–Kier alpha value is -2.80. The fraction of sp³-hybridized carbons (Fsp3) is 0.462. The van der Waals surface area contributed by atoms with Gasteiger partial charge in [0.25, 0.3) is 5.91 Å². The Labute approximate surface area is 180 Å². The van der Waals surface area contributed by atoms with Crippen LogP contribution in [0, 0.1) is 20.2 Å². The van der Waals surface area contributed by atoms with Crippen molar-refractivity contribution in [3.8, 4) is 0 Å². The highest BCUT2D eigenvalue weighted by atomic mass is 79.9. The highest BCUT2D eigenvalue weighted by Crippen LogP contribution is 2.69. The van der Waals surface area contributed by atoms with Crippen molar-refractivity contribution in [3.63, 3.8) is 0 Å². The molecule has 0 atom stereocenters. The van der Waals surface area contributed by atoms with E-state index in [1.54, 1.807) is 0 Å². The molecule has 1 aliphatic rings. The van der Waals surface area contributed by atoms with Crippen LogP contribution in [0.4, 0.5) is 65.4 Å². The molecule has 8 nitrogen and oxygen atoms in total. The van der Waals surface area contributed by atoms with Crippen LogP contribution in [-0.2, 0) is 4.79 Å². The number of benzene rings is 1. The van der Waals surface area contributed by atoms with Gasteiger partial charge in [0.1, 0.15) is 0 Å². The molecule has 2 rings (SSSR count). The number of halogens is 12. The summed E-state index contributed by atoms with van der Waals surface area (Å²) in [7, 11) is 0. The van der Waals surface area contributed by atoms with E-state index in [0.717, 1.165) is 0 Å².